The van der Waals surface area contributed by atoms with E-state index < -0.39 is 11.7 Å². The predicted octanol–water partition coefficient (Wildman–Crippen LogP) is 5.29. The number of piperidine rings is 1. The van der Waals surface area contributed by atoms with Gasteiger partial charge >= 0.3 is 12.2 Å². The molecule has 3 rings (SSSR count). The molecule has 160 valence electrons. The monoisotopic (exact) mass is 411 g/mol. The number of anilines is 1. The Morgan fingerprint density at radius 1 is 1.13 bits per heavy atom. The highest BCUT2D eigenvalue weighted by Gasteiger charge is 2.29. The van der Waals surface area contributed by atoms with Crippen molar-refractivity contribution >= 4 is 18.0 Å². The zero-order valence-electron chi connectivity index (χ0n) is 17.8. The average Bonchev–Trinajstić information content (AvgIpc) is 2.72. The molecule has 1 saturated heterocycles. The molecule has 7 heteroatoms. The van der Waals surface area contributed by atoms with E-state index in [4.69, 9.17) is 9.47 Å². The van der Waals surface area contributed by atoms with Gasteiger partial charge in [-0.15, -0.1) is 0 Å². The summed E-state index contributed by atoms with van der Waals surface area (Å²) in [5, 5.41) is 2.62. The second-order valence-electron chi connectivity index (χ2n) is 8.35. The van der Waals surface area contributed by atoms with Crippen LogP contribution in [0.5, 0.6) is 0 Å². The SMILES string of the molecule is CC(C)(C)OC(=O)Nc1ccc([C@H]2CCCCN2C(=O)OCc2ccccc2)cn1. The Balaban J connectivity index is 1.62. The van der Waals surface area contributed by atoms with Gasteiger partial charge in [0.05, 0.1) is 6.04 Å². The smallest absolute Gasteiger partial charge is 0.413 e. The lowest BCUT2D eigenvalue weighted by Gasteiger charge is -2.35. The summed E-state index contributed by atoms with van der Waals surface area (Å²) in [4.78, 5) is 30.7. The number of aromatic nitrogens is 1. The first-order valence-corrected chi connectivity index (χ1v) is 10.2. The summed E-state index contributed by atoms with van der Waals surface area (Å²) < 4.78 is 10.8. The fraction of sp³-hybridized carbons (Fsp3) is 0.435. The van der Waals surface area contributed by atoms with Gasteiger partial charge in [0.25, 0.3) is 0 Å². The molecule has 1 N–H and O–H groups in total. The molecular weight excluding hydrogens is 382 g/mol. The molecular formula is C23H29N3O4. The highest BCUT2D eigenvalue weighted by molar-refractivity contribution is 5.83. The number of rotatable bonds is 4. The maximum Gasteiger partial charge on any atom is 0.413 e. The van der Waals surface area contributed by atoms with E-state index in [1.54, 1.807) is 37.9 Å². The van der Waals surface area contributed by atoms with Gasteiger partial charge in [-0.25, -0.2) is 14.6 Å². The van der Waals surface area contributed by atoms with Crippen LogP contribution in [0.4, 0.5) is 15.4 Å². The van der Waals surface area contributed by atoms with Gasteiger partial charge in [0, 0.05) is 12.7 Å². The van der Waals surface area contributed by atoms with Crippen molar-refractivity contribution in [3.05, 3.63) is 59.8 Å². The number of carbonyl (C=O) groups excluding carboxylic acids is 2. The summed E-state index contributed by atoms with van der Waals surface area (Å²) in [6.07, 6.45) is 3.65. The van der Waals surface area contributed by atoms with E-state index in [0.29, 0.717) is 12.4 Å². The fourth-order valence-electron chi connectivity index (χ4n) is 3.38. The van der Waals surface area contributed by atoms with Crippen molar-refractivity contribution in [1.82, 2.24) is 9.88 Å². The van der Waals surface area contributed by atoms with Crippen molar-refractivity contribution in [2.75, 3.05) is 11.9 Å². The van der Waals surface area contributed by atoms with Crippen LogP contribution in [0.1, 0.15) is 57.2 Å². The van der Waals surface area contributed by atoms with Crippen LogP contribution in [0.2, 0.25) is 0 Å². The summed E-state index contributed by atoms with van der Waals surface area (Å²) in [6.45, 7) is 6.31. The summed E-state index contributed by atoms with van der Waals surface area (Å²) in [6, 6.07) is 13.2. The van der Waals surface area contributed by atoms with Crippen molar-refractivity contribution in [1.29, 1.82) is 0 Å². The van der Waals surface area contributed by atoms with E-state index in [2.05, 4.69) is 10.3 Å². The number of ether oxygens (including phenoxy) is 2. The molecule has 0 saturated carbocycles. The molecule has 0 aliphatic carbocycles. The summed E-state index contributed by atoms with van der Waals surface area (Å²) >= 11 is 0. The molecule has 1 aromatic heterocycles. The minimum Gasteiger partial charge on any atom is -0.445 e. The maximum absolute atomic E-state index is 12.7. The van der Waals surface area contributed by atoms with Crippen molar-refractivity contribution in [3.63, 3.8) is 0 Å². The van der Waals surface area contributed by atoms with E-state index >= 15 is 0 Å². The number of nitrogens with zero attached hydrogens (tertiary/aromatic N) is 2. The third-order valence-electron chi connectivity index (χ3n) is 4.74. The second kappa shape index (κ2) is 9.61. The Labute approximate surface area is 177 Å². The molecule has 30 heavy (non-hydrogen) atoms. The summed E-state index contributed by atoms with van der Waals surface area (Å²) in [5.74, 6) is 0.405. The van der Waals surface area contributed by atoms with Crippen LogP contribution in [0.25, 0.3) is 0 Å². The van der Waals surface area contributed by atoms with Crippen LogP contribution in [0, 0.1) is 0 Å². The molecule has 0 radical (unpaired) electrons. The van der Waals surface area contributed by atoms with Crippen LogP contribution in [0.3, 0.4) is 0 Å². The molecule has 1 aliphatic heterocycles. The Bertz CT molecular complexity index is 847. The van der Waals surface area contributed by atoms with Crippen LogP contribution in [0.15, 0.2) is 48.7 Å². The first-order chi connectivity index (χ1) is 14.3. The van der Waals surface area contributed by atoms with Crippen LogP contribution in [-0.4, -0.2) is 34.2 Å². The molecule has 2 amide bonds. The zero-order valence-corrected chi connectivity index (χ0v) is 17.8. The Morgan fingerprint density at radius 3 is 2.57 bits per heavy atom. The van der Waals surface area contributed by atoms with Gasteiger partial charge in [0.2, 0.25) is 0 Å². The lowest BCUT2D eigenvalue weighted by molar-refractivity contribution is 0.0634. The maximum atomic E-state index is 12.7. The van der Waals surface area contributed by atoms with Gasteiger partial charge in [-0.2, -0.15) is 0 Å². The molecule has 7 nitrogen and oxygen atoms in total. The number of hydrogen-bond acceptors (Lipinski definition) is 5. The van der Waals surface area contributed by atoms with E-state index in [0.717, 1.165) is 30.4 Å². The first-order valence-electron chi connectivity index (χ1n) is 10.2. The number of hydrogen-bond donors (Lipinski definition) is 1. The number of pyridine rings is 1. The quantitative estimate of drug-likeness (QED) is 0.739. The lowest BCUT2D eigenvalue weighted by Crippen LogP contribution is -2.38. The minimum absolute atomic E-state index is 0.0925. The predicted molar refractivity (Wildman–Crippen MR) is 114 cm³/mol. The molecule has 0 bridgehead atoms. The van der Waals surface area contributed by atoms with Crippen molar-refractivity contribution < 1.29 is 19.1 Å². The third kappa shape index (κ3) is 6.20. The minimum atomic E-state index is -0.577. The highest BCUT2D eigenvalue weighted by atomic mass is 16.6. The average molecular weight is 412 g/mol. The summed E-state index contributed by atoms with van der Waals surface area (Å²) in [5.41, 5.74) is 1.30. The van der Waals surface area contributed by atoms with Crippen molar-refractivity contribution in [3.8, 4) is 0 Å². The topological polar surface area (TPSA) is 80.8 Å². The van der Waals surface area contributed by atoms with E-state index in [1.807, 2.05) is 36.4 Å². The van der Waals surface area contributed by atoms with Crippen molar-refractivity contribution in [2.24, 2.45) is 0 Å². The molecule has 0 unspecified atom stereocenters. The number of nitrogens with one attached hydrogen (secondary N) is 1. The van der Waals surface area contributed by atoms with Crippen LogP contribution < -0.4 is 5.32 Å². The Morgan fingerprint density at radius 2 is 1.90 bits per heavy atom. The largest absolute Gasteiger partial charge is 0.445 e. The molecule has 1 aliphatic rings. The number of amides is 2. The number of likely N-dealkylation sites (tertiary alicyclic amines) is 1. The lowest BCUT2D eigenvalue weighted by atomic mass is 9.97. The highest BCUT2D eigenvalue weighted by Crippen LogP contribution is 2.31. The van der Waals surface area contributed by atoms with Crippen molar-refractivity contribution in [2.45, 2.75) is 58.3 Å². The summed E-state index contributed by atoms with van der Waals surface area (Å²) in [7, 11) is 0. The van der Waals surface area contributed by atoms with Gasteiger partial charge in [0.1, 0.15) is 18.0 Å². The fourth-order valence-corrected chi connectivity index (χ4v) is 3.38. The second-order valence-corrected chi connectivity index (χ2v) is 8.35. The van der Waals surface area contributed by atoms with Crippen LogP contribution in [-0.2, 0) is 16.1 Å². The molecule has 2 heterocycles. The van der Waals surface area contributed by atoms with E-state index in [9.17, 15) is 9.59 Å². The Kier molecular flexibility index (Phi) is 6.92. The Hall–Kier alpha value is -3.09. The molecule has 2 aromatic rings. The van der Waals surface area contributed by atoms with Gasteiger partial charge in [-0.05, 0) is 57.2 Å². The van der Waals surface area contributed by atoms with Gasteiger partial charge in [-0.3, -0.25) is 5.32 Å². The standard InChI is InChI=1S/C23H29N3O4/c1-23(2,3)30-21(27)25-20-13-12-18(15-24-20)19-11-7-8-14-26(19)22(28)29-16-17-9-5-4-6-10-17/h4-6,9-10,12-13,15,19H,7-8,11,14,16H2,1-3H3,(H,24,25,27)/t19-/m1/s1. The van der Waals surface area contributed by atoms with Gasteiger partial charge < -0.3 is 14.4 Å². The zero-order chi connectivity index (χ0) is 21.6. The third-order valence-corrected chi connectivity index (χ3v) is 4.74. The van der Waals surface area contributed by atoms with Crippen LogP contribution >= 0.6 is 0 Å². The molecule has 1 fully saturated rings. The molecule has 1 aromatic carbocycles. The van der Waals surface area contributed by atoms with Gasteiger partial charge in [0.15, 0.2) is 0 Å². The van der Waals surface area contributed by atoms with Gasteiger partial charge in [-0.1, -0.05) is 36.4 Å². The normalized spacial score (nSPS) is 16.6. The molecule has 0 spiro atoms. The number of benzene rings is 1. The molecule has 1 atom stereocenters. The van der Waals surface area contributed by atoms with E-state index in [-0.39, 0.29) is 18.7 Å². The number of carbonyl (C=O) groups is 2. The van der Waals surface area contributed by atoms with E-state index in [1.165, 1.54) is 0 Å². The first kappa shape index (κ1) is 21.6.